The number of hydrogen-bond acceptors (Lipinski definition) is 0. The first-order valence-electron chi connectivity index (χ1n) is 11.0. The van der Waals surface area contributed by atoms with Crippen molar-refractivity contribution in [2.75, 3.05) is 0 Å². The molecule has 0 aliphatic heterocycles. The molecule has 0 saturated heterocycles. The summed E-state index contributed by atoms with van der Waals surface area (Å²) in [6.45, 7) is 4.09. The predicted molar refractivity (Wildman–Crippen MR) is 112 cm³/mol. The molecule has 5 heteroatoms. The highest BCUT2D eigenvalue weighted by molar-refractivity contribution is 5.88. The summed E-state index contributed by atoms with van der Waals surface area (Å²) < 4.78 is 73.8. The van der Waals surface area contributed by atoms with Crippen LogP contribution in [-0.2, 0) is 6.42 Å². The Morgan fingerprint density at radius 1 is 0.900 bits per heavy atom. The summed E-state index contributed by atoms with van der Waals surface area (Å²) in [7, 11) is 0. The lowest BCUT2D eigenvalue weighted by Crippen LogP contribution is -2.15. The summed E-state index contributed by atoms with van der Waals surface area (Å²) >= 11 is 0. The third kappa shape index (κ3) is 4.55. The molecule has 0 atom stereocenters. The molecule has 164 valence electrons. The molecule has 0 bridgehead atoms. The van der Waals surface area contributed by atoms with Crippen LogP contribution in [0.3, 0.4) is 0 Å². The van der Waals surface area contributed by atoms with E-state index in [9.17, 15) is 22.0 Å². The third-order valence-electron chi connectivity index (χ3n) is 6.48. The van der Waals surface area contributed by atoms with E-state index >= 15 is 0 Å². The van der Waals surface area contributed by atoms with Crippen molar-refractivity contribution in [3.8, 4) is 0 Å². The number of unbranched alkanes of at least 4 members (excludes halogenated alkanes) is 2. The quantitative estimate of drug-likeness (QED) is 0.308. The molecule has 0 spiro atoms. The molecule has 0 aromatic heterocycles. The minimum absolute atomic E-state index is 0.0262. The fourth-order valence-electron chi connectivity index (χ4n) is 4.47. The Morgan fingerprint density at radius 3 is 2.23 bits per heavy atom. The summed E-state index contributed by atoms with van der Waals surface area (Å²) in [6.07, 6.45) is 6.59. The summed E-state index contributed by atoms with van der Waals surface area (Å²) in [4.78, 5) is 0. The first kappa shape index (κ1) is 22.8. The van der Waals surface area contributed by atoms with Crippen molar-refractivity contribution in [2.45, 2.75) is 71.6 Å². The maximum absolute atomic E-state index is 14.9. The van der Waals surface area contributed by atoms with E-state index in [2.05, 4.69) is 6.92 Å². The van der Waals surface area contributed by atoms with Crippen LogP contribution >= 0.6 is 0 Å². The van der Waals surface area contributed by atoms with Crippen molar-refractivity contribution in [3.05, 3.63) is 52.6 Å². The summed E-state index contributed by atoms with van der Waals surface area (Å²) in [6, 6.07) is 3.97. The van der Waals surface area contributed by atoms with Crippen LogP contribution in [0.1, 0.15) is 76.3 Å². The molecule has 1 aliphatic carbocycles. The van der Waals surface area contributed by atoms with Crippen LogP contribution in [0, 0.1) is 29.3 Å². The number of aryl methyl sites for hydroxylation is 1. The number of halogens is 5. The Balaban J connectivity index is 1.97. The van der Waals surface area contributed by atoms with E-state index in [4.69, 9.17) is 0 Å². The minimum atomic E-state index is -1.54. The first-order chi connectivity index (χ1) is 14.4. The number of hydrogen-bond donors (Lipinski definition) is 0. The van der Waals surface area contributed by atoms with Gasteiger partial charge in [0.1, 0.15) is 11.6 Å². The van der Waals surface area contributed by atoms with Crippen molar-refractivity contribution < 1.29 is 22.0 Å². The van der Waals surface area contributed by atoms with Crippen LogP contribution in [-0.4, -0.2) is 0 Å². The summed E-state index contributed by atoms with van der Waals surface area (Å²) in [5.41, 5.74) is -0.467. The van der Waals surface area contributed by atoms with Gasteiger partial charge in [-0.3, -0.25) is 0 Å². The van der Waals surface area contributed by atoms with Crippen molar-refractivity contribution in [1.29, 1.82) is 0 Å². The van der Waals surface area contributed by atoms with Crippen molar-refractivity contribution in [1.82, 2.24) is 0 Å². The third-order valence-corrected chi connectivity index (χ3v) is 6.48. The molecule has 0 amide bonds. The molecule has 0 heterocycles. The lowest BCUT2D eigenvalue weighted by Gasteiger charge is -2.27. The highest BCUT2D eigenvalue weighted by atomic mass is 19.2. The van der Waals surface area contributed by atoms with Gasteiger partial charge in [0.05, 0.1) is 10.9 Å². The standard InChI is InChI=1S/C25H29F5/c1-3-5-6-7-16-12-13-18-14-19(24(29)25(30)20(18)21(16)26)23(28)22(27)17-10-8-15(4-2)9-11-17/h12-15,17H,3-11H2,1-2H3. The van der Waals surface area contributed by atoms with Gasteiger partial charge in [-0.05, 0) is 61.5 Å². The summed E-state index contributed by atoms with van der Waals surface area (Å²) in [5, 5.41) is -0.472. The zero-order valence-electron chi connectivity index (χ0n) is 17.6. The maximum atomic E-state index is 14.9. The average molecular weight is 424 g/mol. The van der Waals surface area contributed by atoms with E-state index in [-0.39, 0.29) is 5.39 Å². The monoisotopic (exact) mass is 424 g/mol. The molecule has 1 fully saturated rings. The van der Waals surface area contributed by atoms with Crippen molar-refractivity contribution >= 4 is 16.6 Å². The topological polar surface area (TPSA) is 0 Å². The van der Waals surface area contributed by atoms with Gasteiger partial charge in [0, 0.05) is 5.92 Å². The molecular weight excluding hydrogens is 395 g/mol. The molecule has 0 nitrogen and oxygen atoms in total. The van der Waals surface area contributed by atoms with Gasteiger partial charge in [-0.1, -0.05) is 45.2 Å². The van der Waals surface area contributed by atoms with Gasteiger partial charge in [-0.25, -0.2) is 22.0 Å². The van der Waals surface area contributed by atoms with Crippen molar-refractivity contribution in [3.63, 3.8) is 0 Å². The molecule has 0 N–H and O–H groups in total. The number of rotatable bonds is 7. The van der Waals surface area contributed by atoms with Crippen LogP contribution in [0.4, 0.5) is 22.0 Å². The van der Waals surface area contributed by atoms with Crippen LogP contribution in [0.15, 0.2) is 24.0 Å². The smallest absolute Gasteiger partial charge is 0.170 e. The normalized spacial score (nSPS) is 20.5. The Kier molecular flexibility index (Phi) is 7.54. The van der Waals surface area contributed by atoms with Gasteiger partial charge in [0.25, 0.3) is 0 Å². The lowest BCUT2D eigenvalue weighted by atomic mass is 9.80. The second kappa shape index (κ2) is 9.93. The average Bonchev–Trinajstić information content (AvgIpc) is 2.76. The van der Waals surface area contributed by atoms with Gasteiger partial charge in [0.2, 0.25) is 0 Å². The summed E-state index contributed by atoms with van der Waals surface area (Å²) in [5.74, 6) is -6.35. The SMILES string of the molecule is CCCCCc1ccc2cc(C(F)=C(F)C3CCC(CC)CC3)c(F)c(F)c2c1F. The lowest BCUT2D eigenvalue weighted by molar-refractivity contribution is 0.268. The molecule has 3 rings (SSSR count). The number of benzene rings is 2. The van der Waals surface area contributed by atoms with E-state index in [1.165, 1.54) is 12.1 Å². The Bertz CT molecular complexity index is 923. The second-order valence-electron chi connectivity index (χ2n) is 8.43. The molecule has 1 saturated carbocycles. The highest BCUT2D eigenvalue weighted by Gasteiger charge is 2.28. The predicted octanol–water partition coefficient (Wildman–Crippen LogP) is 8.81. The Morgan fingerprint density at radius 2 is 1.60 bits per heavy atom. The second-order valence-corrected chi connectivity index (χ2v) is 8.43. The van der Waals surface area contributed by atoms with E-state index in [1.807, 2.05) is 6.92 Å². The fraction of sp³-hybridized carbons (Fsp3) is 0.520. The van der Waals surface area contributed by atoms with E-state index in [0.717, 1.165) is 44.6 Å². The van der Waals surface area contributed by atoms with Crippen molar-refractivity contribution in [2.24, 2.45) is 11.8 Å². The molecule has 2 aromatic carbocycles. The van der Waals surface area contributed by atoms with E-state index in [1.54, 1.807) is 0 Å². The van der Waals surface area contributed by atoms with Crippen LogP contribution in [0.5, 0.6) is 0 Å². The minimum Gasteiger partial charge on any atom is -0.208 e. The number of allylic oxidation sites excluding steroid dienone is 1. The molecular formula is C25H29F5. The zero-order valence-corrected chi connectivity index (χ0v) is 17.6. The van der Waals surface area contributed by atoms with Gasteiger partial charge in [-0.15, -0.1) is 0 Å². The van der Waals surface area contributed by atoms with Gasteiger partial charge in [0.15, 0.2) is 17.5 Å². The van der Waals surface area contributed by atoms with Crippen LogP contribution in [0.25, 0.3) is 16.6 Å². The number of fused-ring (bicyclic) bond motifs is 1. The zero-order chi connectivity index (χ0) is 21.8. The molecule has 30 heavy (non-hydrogen) atoms. The largest absolute Gasteiger partial charge is 0.208 e. The van der Waals surface area contributed by atoms with Crippen LogP contribution in [0.2, 0.25) is 0 Å². The van der Waals surface area contributed by atoms with E-state index < -0.39 is 46.0 Å². The Hall–Kier alpha value is -1.91. The first-order valence-corrected chi connectivity index (χ1v) is 11.0. The molecule has 0 unspecified atom stereocenters. The van der Waals surface area contributed by atoms with Gasteiger partial charge < -0.3 is 0 Å². The molecule has 0 radical (unpaired) electrons. The maximum Gasteiger partial charge on any atom is 0.170 e. The molecule has 1 aliphatic rings. The Labute approximate surface area is 175 Å². The van der Waals surface area contributed by atoms with E-state index in [0.29, 0.717) is 30.7 Å². The highest BCUT2D eigenvalue weighted by Crippen LogP contribution is 2.40. The molecule has 2 aromatic rings. The van der Waals surface area contributed by atoms with Gasteiger partial charge in [-0.2, -0.15) is 0 Å². The fourth-order valence-corrected chi connectivity index (χ4v) is 4.47. The van der Waals surface area contributed by atoms with Crippen LogP contribution < -0.4 is 0 Å². The van der Waals surface area contributed by atoms with Gasteiger partial charge >= 0.3 is 0 Å².